The van der Waals surface area contributed by atoms with Crippen LogP contribution in [0.3, 0.4) is 0 Å². The number of aromatic nitrogens is 1. The monoisotopic (exact) mass is 244 g/mol. The molecule has 1 unspecified atom stereocenters. The molecule has 0 amide bonds. The molecular formula is C11H17ClN2O2. The Kier molecular flexibility index (Phi) is 4.07. The zero-order valence-electron chi connectivity index (χ0n) is 9.49. The summed E-state index contributed by atoms with van der Waals surface area (Å²) in [5.74, 6) is 0.395. The Morgan fingerprint density at radius 3 is 3.25 bits per heavy atom. The maximum absolute atomic E-state index is 5.69. The van der Waals surface area contributed by atoms with Crippen LogP contribution in [0, 0.1) is 0 Å². The molecule has 2 rings (SSSR count). The summed E-state index contributed by atoms with van der Waals surface area (Å²) in [6, 6.07) is 0.667. The lowest BCUT2D eigenvalue weighted by molar-refractivity contribution is 0.0516. The summed E-state index contributed by atoms with van der Waals surface area (Å²) in [7, 11) is 0. The van der Waals surface area contributed by atoms with Crippen molar-refractivity contribution in [1.29, 1.82) is 0 Å². The van der Waals surface area contributed by atoms with Crippen LogP contribution in [0.2, 0.25) is 0 Å². The van der Waals surface area contributed by atoms with Gasteiger partial charge in [0.05, 0.1) is 17.7 Å². The van der Waals surface area contributed by atoms with E-state index in [1.54, 1.807) is 6.26 Å². The topological polar surface area (TPSA) is 38.5 Å². The number of anilines is 1. The number of hydrogen-bond donors (Lipinski definition) is 0. The number of ether oxygens (including phenoxy) is 1. The third-order valence-electron chi connectivity index (χ3n) is 2.73. The molecular weight excluding hydrogens is 228 g/mol. The molecule has 0 bridgehead atoms. The van der Waals surface area contributed by atoms with Crippen LogP contribution in [0.1, 0.15) is 25.5 Å². The van der Waals surface area contributed by atoms with Crippen molar-refractivity contribution in [3.8, 4) is 0 Å². The molecule has 2 heterocycles. The van der Waals surface area contributed by atoms with Crippen molar-refractivity contribution in [2.75, 3.05) is 24.6 Å². The van der Waals surface area contributed by atoms with Crippen molar-refractivity contribution in [3.63, 3.8) is 0 Å². The summed E-state index contributed by atoms with van der Waals surface area (Å²) in [6.07, 6.45) is 4.15. The number of hydrogen-bond acceptors (Lipinski definition) is 4. The van der Waals surface area contributed by atoms with E-state index >= 15 is 0 Å². The second kappa shape index (κ2) is 5.55. The van der Waals surface area contributed by atoms with E-state index in [2.05, 4.69) is 9.88 Å². The van der Waals surface area contributed by atoms with Gasteiger partial charge in [0.15, 0.2) is 0 Å². The first-order valence-corrected chi connectivity index (χ1v) is 6.24. The van der Waals surface area contributed by atoms with Gasteiger partial charge in [-0.3, -0.25) is 0 Å². The van der Waals surface area contributed by atoms with E-state index in [1.807, 2.05) is 6.92 Å². The van der Waals surface area contributed by atoms with E-state index in [0.29, 0.717) is 18.0 Å². The first-order chi connectivity index (χ1) is 7.83. The summed E-state index contributed by atoms with van der Waals surface area (Å²) in [5.41, 5.74) is 0.787. The molecule has 1 aromatic rings. The highest BCUT2D eigenvalue weighted by Crippen LogP contribution is 2.21. The van der Waals surface area contributed by atoms with Crippen molar-refractivity contribution in [1.82, 2.24) is 4.98 Å². The predicted octanol–water partition coefficient (Wildman–Crippen LogP) is 2.42. The highest BCUT2D eigenvalue weighted by Gasteiger charge is 2.23. The van der Waals surface area contributed by atoms with Gasteiger partial charge < -0.3 is 14.1 Å². The fourth-order valence-corrected chi connectivity index (χ4v) is 2.11. The second-order valence-corrected chi connectivity index (χ2v) is 4.19. The smallest absolute Gasteiger partial charge is 0.297 e. The van der Waals surface area contributed by atoms with Crippen LogP contribution in [0.5, 0.6) is 0 Å². The van der Waals surface area contributed by atoms with Gasteiger partial charge in [-0.2, -0.15) is 4.98 Å². The SMILES string of the molecule is CCOC1CCCN(c2nc(CCl)co2)C1. The minimum absolute atomic E-state index is 0.296. The minimum Gasteiger partial charge on any atom is -0.432 e. The molecule has 0 N–H and O–H groups in total. The molecule has 0 saturated carbocycles. The molecule has 16 heavy (non-hydrogen) atoms. The van der Waals surface area contributed by atoms with Crippen molar-refractivity contribution >= 4 is 17.6 Å². The molecule has 1 atom stereocenters. The molecule has 0 radical (unpaired) electrons. The Hall–Kier alpha value is -0.740. The highest BCUT2D eigenvalue weighted by atomic mass is 35.5. The van der Waals surface area contributed by atoms with Gasteiger partial charge in [0.25, 0.3) is 6.01 Å². The lowest BCUT2D eigenvalue weighted by Gasteiger charge is -2.31. The van der Waals surface area contributed by atoms with Gasteiger partial charge in [-0.1, -0.05) is 0 Å². The zero-order valence-corrected chi connectivity index (χ0v) is 10.2. The highest BCUT2D eigenvalue weighted by molar-refractivity contribution is 6.16. The molecule has 4 nitrogen and oxygen atoms in total. The molecule has 0 aliphatic carbocycles. The first-order valence-electron chi connectivity index (χ1n) is 5.70. The van der Waals surface area contributed by atoms with Crippen molar-refractivity contribution in [3.05, 3.63) is 12.0 Å². The number of piperidine rings is 1. The summed E-state index contributed by atoms with van der Waals surface area (Å²) in [6.45, 7) is 4.62. The molecule has 1 aliphatic heterocycles. The standard InChI is InChI=1S/C11H17ClN2O2/c1-2-15-10-4-3-5-14(7-10)11-13-9(6-12)8-16-11/h8,10H,2-7H2,1H3. The second-order valence-electron chi connectivity index (χ2n) is 3.92. The van der Waals surface area contributed by atoms with E-state index in [1.165, 1.54) is 0 Å². The van der Waals surface area contributed by atoms with E-state index < -0.39 is 0 Å². The van der Waals surface area contributed by atoms with Crippen LogP contribution in [0.4, 0.5) is 6.01 Å². The van der Waals surface area contributed by atoms with Gasteiger partial charge in [0.1, 0.15) is 6.26 Å². The first kappa shape index (κ1) is 11.7. The molecule has 0 aromatic carbocycles. The zero-order chi connectivity index (χ0) is 11.4. The Labute approximate surface area is 101 Å². The Bertz CT molecular complexity index is 328. The average molecular weight is 245 g/mol. The molecule has 0 spiro atoms. The Morgan fingerprint density at radius 2 is 2.56 bits per heavy atom. The van der Waals surface area contributed by atoms with Crippen molar-refractivity contribution < 1.29 is 9.15 Å². The van der Waals surface area contributed by atoms with E-state index in [0.717, 1.165) is 38.2 Å². The summed E-state index contributed by atoms with van der Waals surface area (Å²) < 4.78 is 11.0. The van der Waals surface area contributed by atoms with Gasteiger partial charge >= 0.3 is 0 Å². The number of oxazole rings is 1. The summed E-state index contributed by atoms with van der Waals surface area (Å²) in [4.78, 5) is 6.44. The van der Waals surface area contributed by atoms with Crippen LogP contribution in [-0.2, 0) is 10.6 Å². The molecule has 1 aromatic heterocycles. The van der Waals surface area contributed by atoms with E-state index in [-0.39, 0.29) is 0 Å². The van der Waals surface area contributed by atoms with Gasteiger partial charge in [-0.25, -0.2) is 0 Å². The van der Waals surface area contributed by atoms with E-state index in [9.17, 15) is 0 Å². The summed E-state index contributed by atoms with van der Waals surface area (Å²) >= 11 is 5.69. The van der Waals surface area contributed by atoms with Crippen LogP contribution >= 0.6 is 11.6 Å². The molecule has 90 valence electrons. The minimum atomic E-state index is 0.296. The maximum Gasteiger partial charge on any atom is 0.297 e. The fourth-order valence-electron chi connectivity index (χ4n) is 1.99. The third-order valence-corrected chi connectivity index (χ3v) is 3.00. The number of halogens is 1. The van der Waals surface area contributed by atoms with Gasteiger partial charge in [-0.15, -0.1) is 11.6 Å². The van der Waals surface area contributed by atoms with Crippen molar-refractivity contribution in [2.45, 2.75) is 31.7 Å². The normalized spacial score (nSPS) is 21.4. The largest absolute Gasteiger partial charge is 0.432 e. The number of nitrogens with zero attached hydrogens (tertiary/aromatic N) is 2. The lowest BCUT2D eigenvalue weighted by atomic mass is 10.1. The van der Waals surface area contributed by atoms with E-state index in [4.69, 9.17) is 20.8 Å². The molecule has 5 heteroatoms. The van der Waals surface area contributed by atoms with Crippen LogP contribution < -0.4 is 4.90 Å². The molecule has 1 aliphatic rings. The molecule has 1 saturated heterocycles. The molecule has 1 fully saturated rings. The van der Waals surface area contributed by atoms with Crippen LogP contribution in [-0.4, -0.2) is 30.8 Å². The Morgan fingerprint density at radius 1 is 1.69 bits per heavy atom. The predicted molar refractivity (Wildman–Crippen MR) is 62.9 cm³/mol. The fraction of sp³-hybridized carbons (Fsp3) is 0.727. The van der Waals surface area contributed by atoms with Crippen LogP contribution in [0.25, 0.3) is 0 Å². The third kappa shape index (κ3) is 2.68. The number of alkyl halides is 1. The van der Waals surface area contributed by atoms with Gasteiger partial charge in [-0.05, 0) is 19.8 Å². The Balaban J connectivity index is 1.98. The van der Waals surface area contributed by atoms with Gasteiger partial charge in [0.2, 0.25) is 0 Å². The lowest BCUT2D eigenvalue weighted by Crippen LogP contribution is -2.39. The van der Waals surface area contributed by atoms with Gasteiger partial charge in [0, 0.05) is 19.7 Å². The van der Waals surface area contributed by atoms with Crippen LogP contribution in [0.15, 0.2) is 10.7 Å². The maximum atomic E-state index is 5.69. The summed E-state index contributed by atoms with van der Waals surface area (Å²) in [5, 5.41) is 0. The van der Waals surface area contributed by atoms with Crippen molar-refractivity contribution in [2.24, 2.45) is 0 Å². The quantitative estimate of drug-likeness (QED) is 0.763. The number of rotatable bonds is 4. The average Bonchev–Trinajstić information content (AvgIpc) is 2.78.